The number of H-pyrrole nitrogens is 1. The van der Waals surface area contributed by atoms with Crippen LogP contribution >= 0.6 is 0 Å². The van der Waals surface area contributed by atoms with Crippen molar-refractivity contribution in [2.75, 3.05) is 19.7 Å². The number of aryl methyl sites for hydroxylation is 1. The number of furan rings is 1. The van der Waals surface area contributed by atoms with Gasteiger partial charge in [-0.1, -0.05) is 0 Å². The first-order valence-electron chi connectivity index (χ1n) is 8.41. The summed E-state index contributed by atoms with van der Waals surface area (Å²) in [4.78, 5) is 26.1. The first-order valence-corrected chi connectivity index (χ1v) is 8.41. The van der Waals surface area contributed by atoms with Gasteiger partial charge in [0.2, 0.25) is 0 Å². The van der Waals surface area contributed by atoms with Gasteiger partial charge < -0.3 is 19.4 Å². The quantitative estimate of drug-likeness (QED) is 0.885. The van der Waals surface area contributed by atoms with Gasteiger partial charge in [0.1, 0.15) is 5.69 Å². The number of aromatic amines is 1. The topological polar surface area (TPSA) is 100 Å². The molecule has 0 aliphatic carbocycles. The predicted octanol–water partition coefficient (Wildman–Crippen LogP) is 2.33. The molecule has 0 saturated carbocycles. The molecule has 8 heteroatoms. The lowest BCUT2D eigenvalue weighted by Gasteiger charge is -2.31. The first kappa shape index (κ1) is 17.1. The molecule has 1 saturated heterocycles. The highest BCUT2D eigenvalue weighted by Crippen LogP contribution is 2.24. The van der Waals surface area contributed by atoms with Gasteiger partial charge in [0.05, 0.1) is 18.4 Å². The van der Waals surface area contributed by atoms with Gasteiger partial charge in [-0.05, 0) is 38.8 Å². The Kier molecular flexibility index (Phi) is 5.06. The maximum absolute atomic E-state index is 12.7. The van der Waals surface area contributed by atoms with Gasteiger partial charge in [0.15, 0.2) is 5.76 Å². The Morgan fingerprint density at radius 1 is 1.44 bits per heavy atom. The molecule has 0 radical (unpaired) electrons. The monoisotopic (exact) mass is 346 g/mol. The van der Waals surface area contributed by atoms with Crippen LogP contribution in [-0.2, 0) is 4.74 Å². The zero-order valence-electron chi connectivity index (χ0n) is 14.4. The van der Waals surface area contributed by atoms with Crippen LogP contribution < -0.4 is 5.32 Å². The summed E-state index contributed by atoms with van der Waals surface area (Å²) in [5.74, 6) is 0.360. The zero-order valence-corrected chi connectivity index (χ0v) is 14.4. The van der Waals surface area contributed by atoms with Crippen molar-refractivity contribution in [3.05, 3.63) is 29.7 Å². The molecular formula is C17H22N4O4. The fraction of sp³-hybridized carbons (Fsp3) is 0.471. The fourth-order valence-corrected chi connectivity index (χ4v) is 2.98. The smallest absolute Gasteiger partial charge is 0.409 e. The van der Waals surface area contributed by atoms with Gasteiger partial charge in [0.25, 0.3) is 5.91 Å². The standard InChI is InChI=1S/C17H22N4O4/c1-3-24-17(23)21-8-6-12(7-9-21)18-16(22)14-11(2)19-20-15(14)13-5-4-10-25-13/h4-5,10,12H,3,6-9H2,1-2H3,(H,18,22)(H,19,20). The first-order chi connectivity index (χ1) is 12.1. The van der Waals surface area contributed by atoms with Crippen LogP contribution in [0.2, 0.25) is 0 Å². The number of ether oxygens (including phenoxy) is 1. The molecule has 1 aliphatic rings. The Balaban J connectivity index is 1.63. The molecule has 0 atom stereocenters. The van der Waals surface area contributed by atoms with Crippen LogP contribution in [0.25, 0.3) is 11.5 Å². The molecule has 0 bridgehead atoms. The second-order valence-electron chi connectivity index (χ2n) is 5.98. The van der Waals surface area contributed by atoms with Crippen LogP contribution in [0.15, 0.2) is 22.8 Å². The van der Waals surface area contributed by atoms with Crippen LogP contribution in [0.5, 0.6) is 0 Å². The third-order valence-electron chi connectivity index (χ3n) is 4.29. The maximum atomic E-state index is 12.7. The zero-order chi connectivity index (χ0) is 17.8. The molecule has 8 nitrogen and oxygen atoms in total. The number of carbonyl (C=O) groups excluding carboxylic acids is 2. The molecule has 0 aromatic carbocycles. The Morgan fingerprint density at radius 2 is 2.20 bits per heavy atom. The van der Waals surface area contributed by atoms with E-state index in [4.69, 9.17) is 9.15 Å². The van der Waals surface area contributed by atoms with Gasteiger partial charge in [-0.3, -0.25) is 9.89 Å². The number of aromatic nitrogens is 2. The Bertz CT molecular complexity index is 730. The molecule has 2 aromatic heterocycles. The number of piperidine rings is 1. The normalized spacial score (nSPS) is 15.2. The predicted molar refractivity (Wildman–Crippen MR) is 90.1 cm³/mol. The highest BCUT2D eigenvalue weighted by atomic mass is 16.6. The minimum atomic E-state index is -0.293. The van der Waals surface area contributed by atoms with E-state index in [0.717, 1.165) is 0 Å². The summed E-state index contributed by atoms with van der Waals surface area (Å²) in [5, 5.41) is 10.1. The summed E-state index contributed by atoms with van der Waals surface area (Å²) in [6, 6.07) is 3.54. The number of likely N-dealkylation sites (tertiary alicyclic amines) is 1. The lowest BCUT2D eigenvalue weighted by atomic mass is 10.0. The summed E-state index contributed by atoms with van der Waals surface area (Å²) in [5.41, 5.74) is 1.68. The number of rotatable bonds is 4. The highest BCUT2D eigenvalue weighted by Gasteiger charge is 2.27. The van der Waals surface area contributed by atoms with Crippen molar-refractivity contribution in [3.63, 3.8) is 0 Å². The van der Waals surface area contributed by atoms with Crippen LogP contribution in [0, 0.1) is 6.92 Å². The van der Waals surface area contributed by atoms with Crippen molar-refractivity contribution in [2.45, 2.75) is 32.7 Å². The molecule has 0 unspecified atom stereocenters. The SMILES string of the molecule is CCOC(=O)N1CCC(NC(=O)c2c(-c3ccco3)n[nH]c2C)CC1. The van der Waals surface area contributed by atoms with E-state index in [1.165, 1.54) is 0 Å². The third-order valence-corrected chi connectivity index (χ3v) is 4.29. The fourth-order valence-electron chi connectivity index (χ4n) is 2.98. The number of carbonyl (C=O) groups is 2. The molecule has 1 fully saturated rings. The summed E-state index contributed by atoms with van der Waals surface area (Å²) >= 11 is 0. The Morgan fingerprint density at radius 3 is 2.84 bits per heavy atom. The molecule has 134 valence electrons. The molecule has 2 aromatic rings. The van der Waals surface area contributed by atoms with E-state index in [-0.39, 0.29) is 18.0 Å². The van der Waals surface area contributed by atoms with E-state index in [1.807, 2.05) is 0 Å². The lowest BCUT2D eigenvalue weighted by Crippen LogP contribution is -2.46. The molecule has 2 amide bonds. The van der Waals surface area contributed by atoms with Crippen molar-refractivity contribution in [1.82, 2.24) is 20.4 Å². The Labute approximate surface area is 145 Å². The van der Waals surface area contributed by atoms with Crippen molar-refractivity contribution < 1.29 is 18.7 Å². The molecule has 25 heavy (non-hydrogen) atoms. The number of amides is 2. The Hall–Kier alpha value is -2.77. The van der Waals surface area contributed by atoms with Gasteiger partial charge in [-0.2, -0.15) is 5.10 Å². The van der Waals surface area contributed by atoms with Crippen molar-refractivity contribution in [3.8, 4) is 11.5 Å². The highest BCUT2D eigenvalue weighted by molar-refractivity contribution is 6.00. The van der Waals surface area contributed by atoms with Gasteiger partial charge in [0, 0.05) is 24.8 Å². The molecule has 3 heterocycles. The lowest BCUT2D eigenvalue weighted by molar-refractivity contribution is 0.0860. The minimum absolute atomic E-state index is 0.0110. The number of nitrogens with one attached hydrogen (secondary N) is 2. The maximum Gasteiger partial charge on any atom is 0.409 e. The average Bonchev–Trinajstić information content (AvgIpc) is 3.25. The van der Waals surface area contributed by atoms with Gasteiger partial charge >= 0.3 is 6.09 Å². The van der Waals surface area contributed by atoms with Crippen LogP contribution in [0.3, 0.4) is 0 Å². The van der Waals surface area contributed by atoms with Crippen molar-refractivity contribution in [2.24, 2.45) is 0 Å². The summed E-state index contributed by atoms with van der Waals surface area (Å²) in [6.07, 6.45) is 2.64. The molecular weight excluding hydrogens is 324 g/mol. The molecule has 1 aliphatic heterocycles. The van der Waals surface area contributed by atoms with Crippen LogP contribution in [0.4, 0.5) is 4.79 Å². The van der Waals surface area contributed by atoms with E-state index >= 15 is 0 Å². The number of hydrogen-bond donors (Lipinski definition) is 2. The summed E-state index contributed by atoms with van der Waals surface area (Å²) < 4.78 is 10.4. The summed E-state index contributed by atoms with van der Waals surface area (Å²) in [6.45, 7) is 5.09. The van der Waals surface area contributed by atoms with Crippen molar-refractivity contribution in [1.29, 1.82) is 0 Å². The number of nitrogens with zero attached hydrogens (tertiary/aromatic N) is 2. The van der Waals surface area contributed by atoms with E-state index < -0.39 is 0 Å². The minimum Gasteiger partial charge on any atom is -0.463 e. The largest absolute Gasteiger partial charge is 0.463 e. The van der Waals surface area contributed by atoms with Crippen LogP contribution in [0.1, 0.15) is 35.8 Å². The van der Waals surface area contributed by atoms with E-state index in [0.29, 0.717) is 55.2 Å². The van der Waals surface area contributed by atoms with E-state index in [1.54, 1.807) is 37.1 Å². The number of hydrogen-bond acceptors (Lipinski definition) is 5. The third kappa shape index (κ3) is 3.67. The second-order valence-corrected chi connectivity index (χ2v) is 5.98. The summed E-state index contributed by atoms with van der Waals surface area (Å²) in [7, 11) is 0. The van der Waals surface area contributed by atoms with Gasteiger partial charge in [-0.15, -0.1) is 0 Å². The average molecular weight is 346 g/mol. The van der Waals surface area contributed by atoms with Crippen LogP contribution in [-0.4, -0.2) is 52.8 Å². The second kappa shape index (κ2) is 7.42. The molecule has 2 N–H and O–H groups in total. The molecule has 3 rings (SSSR count). The van der Waals surface area contributed by atoms with E-state index in [9.17, 15) is 9.59 Å². The van der Waals surface area contributed by atoms with Gasteiger partial charge in [-0.25, -0.2) is 4.79 Å². The molecule has 0 spiro atoms. The van der Waals surface area contributed by atoms with E-state index in [2.05, 4.69) is 15.5 Å². The van der Waals surface area contributed by atoms with Crippen molar-refractivity contribution >= 4 is 12.0 Å².